The smallest absolute Gasteiger partial charge is 0.310 e. The van der Waals surface area contributed by atoms with Gasteiger partial charge in [-0.2, -0.15) is 0 Å². The summed E-state index contributed by atoms with van der Waals surface area (Å²) >= 11 is 0. The fourth-order valence-corrected chi connectivity index (χ4v) is 2.38. The molecular weight excluding hydrogens is 234 g/mol. The highest BCUT2D eigenvalue weighted by atomic mass is 16.7. The maximum Gasteiger partial charge on any atom is 0.310 e. The van der Waals surface area contributed by atoms with Crippen LogP contribution in [0.3, 0.4) is 0 Å². The second-order valence-electron chi connectivity index (χ2n) is 5.02. The average Bonchev–Trinajstić information content (AvgIpc) is 2.86. The molecule has 0 saturated heterocycles. The standard InChI is InChI=1S/C13H23NO4/c1-3-13(4-2,12(16)17)9-11(15)14-18-10-7-5-6-8-10/h10H,3-9H2,1-2H3,(H,14,15)(H,16,17). The Kier molecular flexibility index (Phi) is 5.59. The number of rotatable bonds is 7. The molecule has 0 aliphatic heterocycles. The van der Waals surface area contributed by atoms with Crippen LogP contribution in [0.2, 0.25) is 0 Å². The number of hydrogen-bond acceptors (Lipinski definition) is 3. The highest BCUT2D eigenvalue weighted by Gasteiger charge is 2.37. The van der Waals surface area contributed by atoms with Gasteiger partial charge in [-0.05, 0) is 25.7 Å². The molecule has 0 heterocycles. The lowest BCUT2D eigenvalue weighted by atomic mass is 9.79. The predicted molar refractivity (Wildman–Crippen MR) is 66.8 cm³/mol. The molecule has 0 atom stereocenters. The zero-order chi connectivity index (χ0) is 13.6. The molecule has 2 N–H and O–H groups in total. The fourth-order valence-electron chi connectivity index (χ4n) is 2.38. The van der Waals surface area contributed by atoms with E-state index in [-0.39, 0.29) is 18.4 Å². The van der Waals surface area contributed by atoms with Crippen molar-refractivity contribution >= 4 is 11.9 Å². The quantitative estimate of drug-likeness (QED) is 0.686. The van der Waals surface area contributed by atoms with Gasteiger partial charge in [-0.3, -0.25) is 14.4 Å². The Bertz CT molecular complexity index is 293. The van der Waals surface area contributed by atoms with Crippen LogP contribution in [-0.4, -0.2) is 23.1 Å². The molecule has 0 aromatic rings. The maximum absolute atomic E-state index is 11.7. The summed E-state index contributed by atoms with van der Waals surface area (Å²) < 4.78 is 0. The Hall–Kier alpha value is -1.10. The minimum atomic E-state index is -0.969. The van der Waals surface area contributed by atoms with E-state index in [1.165, 1.54) is 0 Å². The lowest BCUT2D eigenvalue weighted by Crippen LogP contribution is -2.38. The van der Waals surface area contributed by atoms with Gasteiger partial charge in [-0.1, -0.05) is 26.7 Å². The van der Waals surface area contributed by atoms with Crippen molar-refractivity contribution in [2.45, 2.75) is 64.9 Å². The number of hydroxylamine groups is 1. The number of aliphatic carboxylic acids is 1. The lowest BCUT2D eigenvalue weighted by Gasteiger charge is -2.26. The Morgan fingerprint density at radius 3 is 2.28 bits per heavy atom. The van der Waals surface area contributed by atoms with Crippen molar-refractivity contribution in [3.8, 4) is 0 Å². The van der Waals surface area contributed by atoms with Crippen LogP contribution in [0.4, 0.5) is 0 Å². The van der Waals surface area contributed by atoms with E-state index in [4.69, 9.17) is 4.84 Å². The minimum absolute atomic E-state index is 0.0257. The third-order valence-electron chi connectivity index (χ3n) is 3.95. The normalized spacial score (nSPS) is 16.8. The molecule has 0 spiro atoms. The molecule has 18 heavy (non-hydrogen) atoms. The molecule has 1 aliphatic rings. The third-order valence-corrected chi connectivity index (χ3v) is 3.95. The van der Waals surface area contributed by atoms with Gasteiger partial charge in [-0.25, -0.2) is 5.48 Å². The molecule has 1 aliphatic carbocycles. The van der Waals surface area contributed by atoms with Gasteiger partial charge in [0.25, 0.3) is 0 Å². The Morgan fingerprint density at radius 1 is 1.28 bits per heavy atom. The zero-order valence-corrected chi connectivity index (χ0v) is 11.2. The maximum atomic E-state index is 11.7. The van der Waals surface area contributed by atoms with E-state index in [0.717, 1.165) is 25.7 Å². The van der Waals surface area contributed by atoms with Gasteiger partial charge in [-0.15, -0.1) is 0 Å². The van der Waals surface area contributed by atoms with Crippen molar-refractivity contribution in [3.05, 3.63) is 0 Å². The summed E-state index contributed by atoms with van der Waals surface area (Å²) in [6, 6.07) is 0. The summed E-state index contributed by atoms with van der Waals surface area (Å²) in [7, 11) is 0. The molecule has 1 saturated carbocycles. The molecule has 5 heteroatoms. The van der Waals surface area contributed by atoms with Crippen LogP contribution in [0.5, 0.6) is 0 Å². The molecule has 0 aromatic heterocycles. The van der Waals surface area contributed by atoms with E-state index in [0.29, 0.717) is 12.8 Å². The van der Waals surface area contributed by atoms with Crippen molar-refractivity contribution in [1.29, 1.82) is 0 Å². The number of carbonyl (C=O) groups excluding carboxylic acids is 1. The van der Waals surface area contributed by atoms with Gasteiger partial charge in [0.05, 0.1) is 11.5 Å². The monoisotopic (exact) mass is 257 g/mol. The van der Waals surface area contributed by atoms with Crippen LogP contribution in [0.15, 0.2) is 0 Å². The van der Waals surface area contributed by atoms with E-state index >= 15 is 0 Å². The van der Waals surface area contributed by atoms with Crippen molar-refractivity contribution in [1.82, 2.24) is 5.48 Å². The average molecular weight is 257 g/mol. The summed E-state index contributed by atoms with van der Waals surface area (Å²) in [5.41, 5.74) is 1.43. The number of carboxylic acid groups (broad SMARTS) is 1. The van der Waals surface area contributed by atoms with Crippen LogP contribution < -0.4 is 5.48 Å². The first-order valence-corrected chi connectivity index (χ1v) is 6.72. The van der Waals surface area contributed by atoms with Crippen molar-refractivity contribution in [2.75, 3.05) is 0 Å². The van der Waals surface area contributed by atoms with E-state index in [2.05, 4.69) is 5.48 Å². The van der Waals surface area contributed by atoms with Gasteiger partial charge >= 0.3 is 5.97 Å². The van der Waals surface area contributed by atoms with E-state index in [9.17, 15) is 14.7 Å². The molecule has 1 amide bonds. The number of hydrogen-bond donors (Lipinski definition) is 2. The highest BCUT2D eigenvalue weighted by molar-refractivity contribution is 5.84. The first-order chi connectivity index (χ1) is 8.54. The van der Waals surface area contributed by atoms with Gasteiger partial charge < -0.3 is 5.11 Å². The molecule has 1 fully saturated rings. The van der Waals surface area contributed by atoms with Gasteiger partial charge in [0.1, 0.15) is 0 Å². The first-order valence-electron chi connectivity index (χ1n) is 6.72. The second-order valence-corrected chi connectivity index (χ2v) is 5.02. The molecule has 104 valence electrons. The number of nitrogens with one attached hydrogen (secondary N) is 1. The van der Waals surface area contributed by atoms with Crippen molar-refractivity contribution in [2.24, 2.45) is 5.41 Å². The summed E-state index contributed by atoms with van der Waals surface area (Å²) in [5, 5.41) is 9.23. The lowest BCUT2D eigenvalue weighted by molar-refractivity contribution is -0.155. The summed E-state index contributed by atoms with van der Waals surface area (Å²) in [5.74, 6) is -1.25. The Labute approximate surface area is 108 Å². The van der Waals surface area contributed by atoms with E-state index in [1.807, 2.05) is 0 Å². The molecule has 0 bridgehead atoms. The van der Waals surface area contributed by atoms with Crippen molar-refractivity contribution in [3.63, 3.8) is 0 Å². The third kappa shape index (κ3) is 3.70. The first kappa shape index (κ1) is 15.0. The van der Waals surface area contributed by atoms with Gasteiger partial charge in [0.15, 0.2) is 0 Å². The molecule has 1 rings (SSSR count). The minimum Gasteiger partial charge on any atom is -0.481 e. The summed E-state index contributed by atoms with van der Waals surface area (Å²) in [6.07, 6.45) is 5.13. The predicted octanol–water partition coefficient (Wildman–Crippen LogP) is 2.26. The highest BCUT2D eigenvalue weighted by Crippen LogP contribution is 2.31. The van der Waals surface area contributed by atoms with Crippen LogP contribution >= 0.6 is 0 Å². The fraction of sp³-hybridized carbons (Fsp3) is 0.846. The summed E-state index contributed by atoms with van der Waals surface area (Å²) in [4.78, 5) is 28.3. The number of amides is 1. The van der Waals surface area contributed by atoms with Crippen LogP contribution in [0, 0.1) is 5.41 Å². The van der Waals surface area contributed by atoms with E-state index in [1.54, 1.807) is 13.8 Å². The molecule has 0 aromatic carbocycles. The zero-order valence-electron chi connectivity index (χ0n) is 11.2. The second kappa shape index (κ2) is 6.73. The molecule has 5 nitrogen and oxygen atoms in total. The van der Waals surface area contributed by atoms with Crippen LogP contribution in [0.25, 0.3) is 0 Å². The molecular formula is C13H23NO4. The SMILES string of the molecule is CCC(CC)(CC(=O)NOC1CCCC1)C(=O)O. The number of carbonyl (C=O) groups is 2. The topological polar surface area (TPSA) is 75.6 Å². The molecule has 0 radical (unpaired) electrons. The molecule has 0 unspecified atom stereocenters. The van der Waals surface area contributed by atoms with Gasteiger partial charge in [0.2, 0.25) is 5.91 Å². The van der Waals surface area contributed by atoms with Crippen LogP contribution in [-0.2, 0) is 14.4 Å². The Balaban J connectivity index is 2.43. The van der Waals surface area contributed by atoms with E-state index < -0.39 is 11.4 Å². The largest absolute Gasteiger partial charge is 0.481 e. The summed E-state index contributed by atoms with van der Waals surface area (Å²) in [6.45, 7) is 3.59. The van der Waals surface area contributed by atoms with Gasteiger partial charge in [0, 0.05) is 6.42 Å². The number of carboxylic acids is 1. The van der Waals surface area contributed by atoms with Crippen molar-refractivity contribution < 1.29 is 19.5 Å². The van der Waals surface area contributed by atoms with Crippen LogP contribution in [0.1, 0.15) is 58.8 Å². The Morgan fingerprint density at radius 2 is 1.83 bits per heavy atom.